The van der Waals surface area contributed by atoms with Crippen LogP contribution in [-0.2, 0) is 0 Å². The zero-order valence-electron chi connectivity index (χ0n) is 13.6. The first-order valence-electron chi connectivity index (χ1n) is 7.81. The van der Waals surface area contributed by atoms with Crippen LogP contribution < -0.4 is 20.1 Å². The summed E-state index contributed by atoms with van der Waals surface area (Å²) < 4.78 is 11.1. The second-order valence-electron chi connectivity index (χ2n) is 5.45. The summed E-state index contributed by atoms with van der Waals surface area (Å²) in [6.07, 6.45) is 0.749. The van der Waals surface area contributed by atoms with E-state index in [1.54, 1.807) is 37.4 Å². The fourth-order valence-electron chi connectivity index (χ4n) is 2.45. The topological polar surface area (TPSA) is 76.7 Å². The molecule has 2 aromatic carbocycles. The fourth-order valence-corrected chi connectivity index (χ4v) is 2.71. The Morgan fingerprint density at radius 3 is 2.64 bits per heavy atom. The lowest BCUT2D eigenvalue weighted by Gasteiger charge is -2.12. The molecule has 0 spiro atoms. The highest BCUT2D eigenvalue weighted by atomic mass is 35.5. The van der Waals surface area contributed by atoms with Crippen LogP contribution in [0.15, 0.2) is 36.4 Å². The number of nitrogens with one attached hydrogen (secondary N) is 2. The largest absolute Gasteiger partial charge is 0.489 e. The highest BCUT2D eigenvalue weighted by Crippen LogP contribution is 2.38. The summed E-state index contributed by atoms with van der Waals surface area (Å²) in [5, 5.41) is 5.62. The van der Waals surface area contributed by atoms with E-state index < -0.39 is 0 Å². The molecule has 0 saturated carbocycles. The molecule has 0 aromatic heterocycles. The van der Waals surface area contributed by atoms with E-state index in [1.807, 2.05) is 0 Å². The van der Waals surface area contributed by atoms with Gasteiger partial charge in [0, 0.05) is 30.3 Å². The normalized spacial score (nSPS) is 12.9. The maximum absolute atomic E-state index is 12.5. The Balaban J connectivity index is 1.83. The quantitative estimate of drug-likeness (QED) is 0.881. The number of anilines is 1. The highest BCUT2D eigenvalue weighted by molar-refractivity contribution is 6.32. The van der Waals surface area contributed by atoms with Gasteiger partial charge in [-0.3, -0.25) is 9.59 Å². The lowest BCUT2D eigenvalue weighted by Crippen LogP contribution is -2.18. The lowest BCUT2D eigenvalue weighted by atomic mass is 10.1. The van der Waals surface area contributed by atoms with Crippen molar-refractivity contribution in [1.29, 1.82) is 0 Å². The molecule has 0 radical (unpaired) electrons. The van der Waals surface area contributed by atoms with Crippen LogP contribution >= 0.6 is 11.6 Å². The molecule has 0 fully saturated rings. The van der Waals surface area contributed by atoms with E-state index in [2.05, 4.69) is 10.6 Å². The van der Waals surface area contributed by atoms with Crippen molar-refractivity contribution in [2.45, 2.75) is 6.42 Å². The average Bonchev–Trinajstić information content (AvgIpc) is 2.87. The number of hydrogen-bond donors (Lipinski definition) is 2. The van der Waals surface area contributed by atoms with Crippen molar-refractivity contribution in [2.24, 2.45) is 0 Å². The van der Waals surface area contributed by atoms with E-state index in [-0.39, 0.29) is 11.8 Å². The molecular formula is C18H17ClN2O4. The molecule has 6 nitrogen and oxygen atoms in total. The minimum Gasteiger partial charge on any atom is -0.489 e. The summed E-state index contributed by atoms with van der Waals surface area (Å²) in [6.45, 7) is 1.02. The van der Waals surface area contributed by atoms with Crippen molar-refractivity contribution >= 4 is 29.1 Å². The van der Waals surface area contributed by atoms with Gasteiger partial charge in [0.25, 0.3) is 11.8 Å². The molecule has 0 bridgehead atoms. The Bertz CT molecular complexity index is 823. The van der Waals surface area contributed by atoms with Gasteiger partial charge in [-0.15, -0.1) is 0 Å². The summed E-state index contributed by atoms with van der Waals surface area (Å²) in [4.78, 5) is 24.2. The first-order chi connectivity index (χ1) is 12.1. The smallest absolute Gasteiger partial charge is 0.255 e. The van der Waals surface area contributed by atoms with Crippen LogP contribution in [0, 0.1) is 0 Å². The molecule has 0 unspecified atom stereocenters. The van der Waals surface area contributed by atoms with Crippen LogP contribution in [0.5, 0.6) is 11.5 Å². The number of carbonyl (C=O) groups excluding carboxylic acids is 2. The minimum atomic E-state index is -0.355. The van der Waals surface area contributed by atoms with Gasteiger partial charge in [-0.2, -0.15) is 0 Å². The Hall–Kier alpha value is -2.73. The predicted octanol–water partition coefficient (Wildman–Crippen LogP) is 3.11. The number of carbonyl (C=O) groups is 2. The SMILES string of the molecule is CNC(=O)c1cccc(NC(=O)c2cc(Cl)c3c(c2)OCCCO3)c1. The van der Waals surface area contributed by atoms with Gasteiger partial charge in [0.2, 0.25) is 0 Å². The van der Waals surface area contributed by atoms with Crippen LogP contribution in [0.2, 0.25) is 5.02 Å². The van der Waals surface area contributed by atoms with Crippen molar-refractivity contribution in [1.82, 2.24) is 5.32 Å². The first-order valence-corrected chi connectivity index (χ1v) is 8.19. The molecule has 2 aromatic rings. The molecule has 1 heterocycles. The van der Waals surface area contributed by atoms with Gasteiger partial charge in [-0.1, -0.05) is 17.7 Å². The van der Waals surface area contributed by atoms with Gasteiger partial charge in [-0.05, 0) is 30.3 Å². The fraction of sp³-hybridized carbons (Fsp3) is 0.222. The molecule has 2 amide bonds. The second-order valence-corrected chi connectivity index (χ2v) is 5.86. The third-order valence-corrected chi connectivity index (χ3v) is 3.95. The Kier molecular flexibility index (Phi) is 5.09. The van der Waals surface area contributed by atoms with E-state index in [4.69, 9.17) is 21.1 Å². The number of ether oxygens (including phenoxy) is 2. The second kappa shape index (κ2) is 7.44. The summed E-state index contributed by atoms with van der Waals surface area (Å²) >= 11 is 6.21. The van der Waals surface area contributed by atoms with Gasteiger partial charge >= 0.3 is 0 Å². The summed E-state index contributed by atoms with van der Waals surface area (Å²) in [5.74, 6) is 0.327. The van der Waals surface area contributed by atoms with Gasteiger partial charge in [0.15, 0.2) is 11.5 Å². The molecule has 25 heavy (non-hydrogen) atoms. The van der Waals surface area contributed by atoms with E-state index in [9.17, 15) is 9.59 Å². The first kappa shape index (κ1) is 17.1. The maximum atomic E-state index is 12.5. The van der Waals surface area contributed by atoms with Gasteiger partial charge < -0.3 is 20.1 Å². The Labute approximate surface area is 150 Å². The number of fused-ring (bicyclic) bond motifs is 1. The molecule has 0 aliphatic carbocycles. The van der Waals surface area contributed by atoms with Crippen molar-refractivity contribution in [3.05, 3.63) is 52.5 Å². The molecule has 130 valence electrons. The van der Waals surface area contributed by atoms with Crippen LogP contribution in [0.1, 0.15) is 27.1 Å². The molecule has 7 heteroatoms. The average molecular weight is 361 g/mol. The monoisotopic (exact) mass is 360 g/mol. The standard InChI is InChI=1S/C18H17ClN2O4/c1-20-17(22)11-4-2-5-13(8-11)21-18(23)12-9-14(19)16-15(10-12)24-6-3-7-25-16/h2,4-5,8-10H,3,6-7H2,1H3,(H,20,22)(H,21,23). The number of amides is 2. The van der Waals surface area contributed by atoms with E-state index in [1.165, 1.54) is 6.07 Å². The maximum Gasteiger partial charge on any atom is 0.255 e. The van der Waals surface area contributed by atoms with E-state index in [0.29, 0.717) is 46.5 Å². The van der Waals surface area contributed by atoms with Gasteiger partial charge in [-0.25, -0.2) is 0 Å². The van der Waals surface area contributed by atoms with Crippen molar-refractivity contribution < 1.29 is 19.1 Å². The summed E-state index contributed by atoms with van der Waals surface area (Å²) in [7, 11) is 1.55. The zero-order valence-corrected chi connectivity index (χ0v) is 14.4. The summed E-state index contributed by atoms with van der Waals surface area (Å²) in [6, 6.07) is 9.80. The molecule has 2 N–H and O–H groups in total. The van der Waals surface area contributed by atoms with Gasteiger partial charge in [0.05, 0.1) is 18.2 Å². The van der Waals surface area contributed by atoms with E-state index in [0.717, 1.165) is 6.42 Å². The van der Waals surface area contributed by atoms with Crippen LogP contribution in [-0.4, -0.2) is 32.1 Å². The minimum absolute atomic E-state index is 0.227. The molecule has 3 rings (SSSR count). The Morgan fingerprint density at radius 2 is 1.84 bits per heavy atom. The lowest BCUT2D eigenvalue weighted by molar-refractivity contribution is 0.0961. The molecule has 1 aliphatic heterocycles. The molecule has 0 saturated heterocycles. The molecule has 0 atom stereocenters. The highest BCUT2D eigenvalue weighted by Gasteiger charge is 2.18. The summed E-state index contributed by atoms with van der Waals surface area (Å²) in [5.41, 5.74) is 1.31. The number of hydrogen-bond acceptors (Lipinski definition) is 4. The third kappa shape index (κ3) is 3.85. The Morgan fingerprint density at radius 1 is 1.04 bits per heavy atom. The number of rotatable bonds is 3. The van der Waals surface area contributed by atoms with Crippen LogP contribution in [0.3, 0.4) is 0 Å². The van der Waals surface area contributed by atoms with E-state index >= 15 is 0 Å². The molecule has 1 aliphatic rings. The molecular weight excluding hydrogens is 344 g/mol. The third-order valence-electron chi connectivity index (χ3n) is 3.67. The predicted molar refractivity (Wildman–Crippen MR) is 94.8 cm³/mol. The van der Waals surface area contributed by atoms with Gasteiger partial charge in [0.1, 0.15) is 0 Å². The zero-order chi connectivity index (χ0) is 17.8. The van der Waals surface area contributed by atoms with Crippen molar-refractivity contribution in [2.75, 3.05) is 25.6 Å². The number of benzene rings is 2. The number of halogens is 1. The van der Waals surface area contributed by atoms with Crippen LogP contribution in [0.25, 0.3) is 0 Å². The van der Waals surface area contributed by atoms with Crippen molar-refractivity contribution in [3.63, 3.8) is 0 Å². The van der Waals surface area contributed by atoms with Crippen LogP contribution in [0.4, 0.5) is 5.69 Å². The van der Waals surface area contributed by atoms with Crippen molar-refractivity contribution in [3.8, 4) is 11.5 Å².